The molecular weight excluding hydrogens is 432 g/mol. The summed E-state index contributed by atoms with van der Waals surface area (Å²) in [6, 6.07) is 6.79. The normalized spacial score (nSPS) is 20.0. The van der Waals surface area contributed by atoms with Crippen molar-refractivity contribution < 1.29 is 0 Å². The maximum atomic E-state index is 6.18. The summed E-state index contributed by atoms with van der Waals surface area (Å²) in [5.41, 5.74) is 7.09. The van der Waals surface area contributed by atoms with Crippen LogP contribution in [0.3, 0.4) is 0 Å². The van der Waals surface area contributed by atoms with E-state index in [1.54, 1.807) is 0 Å². The van der Waals surface area contributed by atoms with Crippen molar-refractivity contribution in [2.45, 2.75) is 24.8 Å². The van der Waals surface area contributed by atoms with Crippen molar-refractivity contribution in [3.8, 4) is 0 Å². The first-order valence-electron chi connectivity index (χ1n) is 8.86. The van der Waals surface area contributed by atoms with E-state index in [1.165, 1.54) is 43.2 Å². The molecule has 150 valence electrons. The molecule has 3 nitrogen and oxygen atoms in total. The van der Waals surface area contributed by atoms with Gasteiger partial charge in [0.05, 0.1) is 10.0 Å². The number of halogens is 4. The van der Waals surface area contributed by atoms with Crippen molar-refractivity contribution in [3.05, 3.63) is 33.8 Å². The molecule has 0 amide bonds. The Balaban J connectivity index is 0.00000169. The molecule has 0 bridgehead atoms. The molecule has 2 N–H and O–H groups in total. The molecule has 26 heavy (non-hydrogen) atoms. The lowest BCUT2D eigenvalue weighted by atomic mass is 9.91. The molecule has 0 radical (unpaired) electrons. The summed E-state index contributed by atoms with van der Waals surface area (Å²) in [6.07, 6.45) is 2.14. The SMILES string of the molecule is Cl.Cl.NCC[C@@H](CCN1CC(N2CCSCC2)C1)c1ccc(Cl)c(Cl)c1. The largest absolute Gasteiger partial charge is 0.330 e. The summed E-state index contributed by atoms with van der Waals surface area (Å²) in [6.45, 7) is 6.83. The zero-order valence-electron chi connectivity index (χ0n) is 14.9. The smallest absolute Gasteiger partial charge is 0.0595 e. The van der Waals surface area contributed by atoms with Crippen LogP contribution in [0.5, 0.6) is 0 Å². The van der Waals surface area contributed by atoms with Crippen molar-refractivity contribution in [1.82, 2.24) is 9.80 Å². The second kappa shape index (κ2) is 12.2. The predicted octanol–water partition coefficient (Wildman–Crippen LogP) is 4.39. The molecule has 0 aliphatic carbocycles. The van der Waals surface area contributed by atoms with E-state index in [-0.39, 0.29) is 24.8 Å². The van der Waals surface area contributed by atoms with E-state index in [2.05, 4.69) is 27.6 Å². The summed E-state index contributed by atoms with van der Waals surface area (Å²) in [4.78, 5) is 5.25. The van der Waals surface area contributed by atoms with Crippen molar-refractivity contribution in [2.75, 3.05) is 50.8 Å². The number of rotatable bonds is 7. The van der Waals surface area contributed by atoms with Gasteiger partial charge in [0.1, 0.15) is 0 Å². The highest BCUT2D eigenvalue weighted by atomic mass is 35.5. The van der Waals surface area contributed by atoms with Crippen molar-refractivity contribution in [1.29, 1.82) is 0 Å². The lowest BCUT2D eigenvalue weighted by Gasteiger charge is -2.47. The van der Waals surface area contributed by atoms with Gasteiger partial charge in [-0.3, -0.25) is 4.90 Å². The highest BCUT2D eigenvalue weighted by molar-refractivity contribution is 7.99. The van der Waals surface area contributed by atoms with Crippen LogP contribution in [0.15, 0.2) is 18.2 Å². The average molecular weight is 461 g/mol. The minimum absolute atomic E-state index is 0. The fourth-order valence-corrected chi connectivity index (χ4v) is 4.92. The minimum atomic E-state index is 0. The Morgan fingerprint density at radius 2 is 1.77 bits per heavy atom. The minimum Gasteiger partial charge on any atom is -0.330 e. The van der Waals surface area contributed by atoms with Gasteiger partial charge in [0.15, 0.2) is 0 Å². The van der Waals surface area contributed by atoms with E-state index in [9.17, 15) is 0 Å². The highest BCUT2D eigenvalue weighted by Gasteiger charge is 2.32. The van der Waals surface area contributed by atoms with Crippen LogP contribution in [-0.4, -0.2) is 66.6 Å². The Hall–Kier alpha value is 0.610. The third-order valence-corrected chi connectivity index (χ3v) is 6.91. The van der Waals surface area contributed by atoms with Gasteiger partial charge in [-0.1, -0.05) is 29.3 Å². The molecule has 2 aliphatic heterocycles. The highest BCUT2D eigenvalue weighted by Crippen LogP contribution is 2.30. The van der Waals surface area contributed by atoms with Gasteiger partial charge in [-0.25, -0.2) is 0 Å². The van der Waals surface area contributed by atoms with Crippen molar-refractivity contribution in [3.63, 3.8) is 0 Å². The molecule has 0 aromatic heterocycles. The summed E-state index contributed by atoms with van der Waals surface area (Å²) in [5.74, 6) is 3.06. The summed E-state index contributed by atoms with van der Waals surface area (Å²) < 4.78 is 0. The molecule has 2 fully saturated rings. The summed E-state index contributed by atoms with van der Waals surface area (Å²) in [7, 11) is 0. The Kier molecular flexibility index (Phi) is 11.6. The maximum Gasteiger partial charge on any atom is 0.0595 e. The van der Waals surface area contributed by atoms with E-state index < -0.39 is 0 Å². The van der Waals surface area contributed by atoms with Crippen molar-refractivity contribution in [2.24, 2.45) is 5.73 Å². The lowest BCUT2D eigenvalue weighted by molar-refractivity contribution is 0.0378. The van der Waals surface area contributed by atoms with E-state index in [4.69, 9.17) is 28.9 Å². The van der Waals surface area contributed by atoms with E-state index >= 15 is 0 Å². The molecule has 3 rings (SSSR count). The zero-order valence-corrected chi connectivity index (χ0v) is 18.9. The molecule has 0 saturated carbocycles. The molecule has 1 atom stereocenters. The van der Waals surface area contributed by atoms with Crippen LogP contribution < -0.4 is 5.73 Å². The first kappa shape index (κ1) is 24.6. The van der Waals surface area contributed by atoms with Gasteiger partial charge in [-0.05, 0) is 49.5 Å². The number of nitrogens with zero attached hydrogens (tertiary/aromatic N) is 2. The molecule has 2 aliphatic rings. The predicted molar refractivity (Wildman–Crippen MR) is 121 cm³/mol. The Labute approximate surface area is 184 Å². The maximum absolute atomic E-state index is 6.18. The molecule has 0 spiro atoms. The standard InChI is InChI=1S/C18H27Cl2N3S.2ClH/c19-17-2-1-15(11-18(17)20)14(3-5-21)4-6-22-12-16(13-22)23-7-9-24-10-8-23;;/h1-2,11,14,16H,3-10,12-13,21H2;2*1H/t14-;;/m0../s1. The van der Waals surface area contributed by atoms with Crippen molar-refractivity contribution >= 4 is 59.8 Å². The van der Waals surface area contributed by atoms with Gasteiger partial charge >= 0.3 is 0 Å². The summed E-state index contributed by atoms with van der Waals surface area (Å²) in [5, 5.41) is 1.26. The number of thioether (sulfide) groups is 1. The first-order chi connectivity index (χ1) is 11.7. The van der Waals surface area contributed by atoms with Crippen LogP contribution in [0.1, 0.15) is 24.3 Å². The van der Waals surface area contributed by atoms with Crippen LogP contribution in [0.2, 0.25) is 10.0 Å². The molecular formula is C18H29Cl4N3S. The van der Waals surface area contributed by atoms with Gasteiger partial charge in [0.2, 0.25) is 0 Å². The van der Waals surface area contributed by atoms with Crippen LogP contribution in [0, 0.1) is 0 Å². The van der Waals surface area contributed by atoms with Gasteiger partial charge in [0.25, 0.3) is 0 Å². The van der Waals surface area contributed by atoms with E-state index in [1.807, 2.05) is 12.1 Å². The first-order valence-corrected chi connectivity index (χ1v) is 10.8. The fourth-order valence-electron chi connectivity index (χ4n) is 3.68. The van der Waals surface area contributed by atoms with Gasteiger partial charge in [-0.2, -0.15) is 11.8 Å². The molecule has 1 aromatic carbocycles. The molecule has 8 heteroatoms. The van der Waals surface area contributed by atoms with E-state index in [0.717, 1.165) is 25.4 Å². The Bertz CT molecular complexity index is 537. The van der Waals surface area contributed by atoms with E-state index in [0.29, 0.717) is 22.5 Å². The second-order valence-corrected chi connectivity index (χ2v) is 8.84. The van der Waals surface area contributed by atoms with Crippen LogP contribution >= 0.6 is 59.8 Å². The number of hydrogen-bond acceptors (Lipinski definition) is 4. The van der Waals surface area contributed by atoms with Gasteiger partial charge in [-0.15, -0.1) is 24.8 Å². The number of likely N-dealkylation sites (tertiary alicyclic amines) is 1. The number of nitrogens with two attached hydrogens (primary N) is 1. The molecule has 2 heterocycles. The molecule has 2 saturated heterocycles. The van der Waals surface area contributed by atoms with Crippen LogP contribution in [-0.2, 0) is 0 Å². The summed E-state index contributed by atoms with van der Waals surface area (Å²) >= 11 is 14.3. The third-order valence-electron chi connectivity index (χ3n) is 5.22. The van der Waals surface area contributed by atoms with Gasteiger partial charge in [0, 0.05) is 43.7 Å². The lowest BCUT2D eigenvalue weighted by Crippen LogP contribution is -2.60. The van der Waals surface area contributed by atoms with Crippen LogP contribution in [0.4, 0.5) is 0 Å². The zero-order chi connectivity index (χ0) is 16.9. The Morgan fingerprint density at radius 1 is 1.08 bits per heavy atom. The molecule has 0 unspecified atom stereocenters. The monoisotopic (exact) mass is 459 g/mol. The fraction of sp³-hybridized carbons (Fsp3) is 0.667. The second-order valence-electron chi connectivity index (χ2n) is 6.80. The van der Waals surface area contributed by atoms with Crippen LogP contribution in [0.25, 0.3) is 0 Å². The number of benzene rings is 1. The average Bonchev–Trinajstić information content (AvgIpc) is 2.56. The topological polar surface area (TPSA) is 32.5 Å². The quantitative estimate of drug-likeness (QED) is 0.653. The Morgan fingerprint density at radius 3 is 2.38 bits per heavy atom. The molecule has 1 aromatic rings. The van der Waals surface area contributed by atoms with Gasteiger partial charge < -0.3 is 10.6 Å². The number of hydrogen-bond donors (Lipinski definition) is 1. The third kappa shape index (κ3) is 6.59.